The number of sulfone groups is 1. The first-order valence-electron chi connectivity index (χ1n) is 5.35. The van der Waals surface area contributed by atoms with Crippen molar-refractivity contribution in [2.24, 2.45) is 0 Å². The Morgan fingerprint density at radius 3 is 2.00 bits per heavy atom. The van der Waals surface area contributed by atoms with E-state index in [1.54, 1.807) is 7.05 Å². The Bertz CT molecular complexity index is 336. The summed E-state index contributed by atoms with van der Waals surface area (Å²) in [6, 6.07) is -0.486. The summed E-state index contributed by atoms with van der Waals surface area (Å²) < 4.78 is 58.0. The second kappa shape index (κ2) is 5.56. The number of halogens is 3. The first-order chi connectivity index (χ1) is 7.42. The fraction of sp³-hybridized carbons (Fsp3) is 1.00. The van der Waals surface area contributed by atoms with Crippen LogP contribution in [0.4, 0.5) is 13.2 Å². The van der Waals surface area contributed by atoms with E-state index in [1.165, 1.54) is 13.8 Å². The van der Waals surface area contributed by atoms with Crippen molar-refractivity contribution < 1.29 is 21.6 Å². The van der Waals surface area contributed by atoms with Gasteiger partial charge in [-0.15, -0.1) is 0 Å². The Labute approximate surface area is 101 Å². The van der Waals surface area contributed by atoms with Crippen molar-refractivity contribution in [1.29, 1.82) is 0 Å². The van der Waals surface area contributed by atoms with Crippen LogP contribution in [0.2, 0.25) is 0 Å². The smallest absolute Gasteiger partial charge is 0.315 e. The lowest BCUT2D eigenvalue weighted by Crippen LogP contribution is -2.50. The molecule has 0 aromatic carbocycles. The van der Waals surface area contributed by atoms with Gasteiger partial charge in [0.05, 0.1) is 4.75 Å². The number of hydrogen-bond donors (Lipinski definition) is 1. The Morgan fingerprint density at radius 1 is 1.24 bits per heavy atom. The number of hydrogen-bond acceptors (Lipinski definition) is 3. The SMILES string of the molecule is CNC(CCCC(F)(F)F)C(C)(C)S(C)(=O)=O. The van der Waals surface area contributed by atoms with Gasteiger partial charge < -0.3 is 5.32 Å². The third-order valence-electron chi connectivity index (χ3n) is 3.10. The van der Waals surface area contributed by atoms with Crippen molar-refractivity contribution in [3.63, 3.8) is 0 Å². The molecule has 17 heavy (non-hydrogen) atoms. The van der Waals surface area contributed by atoms with E-state index in [4.69, 9.17) is 0 Å². The Morgan fingerprint density at radius 2 is 1.71 bits per heavy atom. The Balaban J connectivity index is 4.55. The lowest BCUT2D eigenvalue weighted by molar-refractivity contribution is -0.135. The molecule has 104 valence electrons. The molecule has 0 aliphatic rings. The van der Waals surface area contributed by atoms with Crippen molar-refractivity contribution in [2.45, 2.75) is 50.1 Å². The van der Waals surface area contributed by atoms with Crippen LogP contribution >= 0.6 is 0 Å². The van der Waals surface area contributed by atoms with Gasteiger partial charge in [0.2, 0.25) is 0 Å². The Kier molecular flexibility index (Phi) is 5.46. The predicted octanol–water partition coefficient (Wildman–Crippen LogP) is 2.13. The zero-order valence-corrected chi connectivity index (χ0v) is 11.4. The van der Waals surface area contributed by atoms with Crippen LogP contribution in [0.25, 0.3) is 0 Å². The van der Waals surface area contributed by atoms with Gasteiger partial charge in [-0.2, -0.15) is 13.2 Å². The highest BCUT2D eigenvalue weighted by atomic mass is 32.2. The first-order valence-corrected chi connectivity index (χ1v) is 7.24. The third-order valence-corrected chi connectivity index (χ3v) is 5.29. The van der Waals surface area contributed by atoms with E-state index in [0.29, 0.717) is 0 Å². The normalized spacial score (nSPS) is 15.9. The summed E-state index contributed by atoms with van der Waals surface area (Å²) in [5, 5.41) is 2.79. The van der Waals surface area contributed by atoms with E-state index in [1.807, 2.05) is 0 Å². The van der Waals surface area contributed by atoms with Gasteiger partial charge in [-0.05, 0) is 33.7 Å². The van der Waals surface area contributed by atoms with E-state index in [9.17, 15) is 21.6 Å². The minimum atomic E-state index is -4.19. The van der Waals surface area contributed by atoms with Gasteiger partial charge in [0.25, 0.3) is 0 Å². The van der Waals surface area contributed by atoms with Gasteiger partial charge in [0.15, 0.2) is 9.84 Å². The summed E-state index contributed by atoms with van der Waals surface area (Å²) in [6.07, 6.45) is -3.87. The number of nitrogens with one attached hydrogen (secondary N) is 1. The summed E-state index contributed by atoms with van der Waals surface area (Å²) in [7, 11) is -1.76. The van der Waals surface area contributed by atoms with Gasteiger partial charge in [-0.25, -0.2) is 8.42 Å². The highest BCUT2D eigenvalue weighted by molar-refractivity contribution is 7.92. The maximum Gasteiger partial charge on any atom is 0.389 e. The maximum absolute atomic E-state index is 12.0. The molecule has 1 unspecified atom stereocenters. The van der Waals surface area contributed by atoms with Crippen LogP contribution in [-0.4, -0.2) is 38.7 Å². The molecule has 0 rings (SSSR count). The van der Waals surface area contributed by atoms with Crippen LogP contribution in [-0.2, 0) is 9.84 Å². The topological polar surface area (TPSA) is 46.2 Å². The van der Waals surface area contributed by atoms with E-state index in [2.05, 4.69) is 5.32 Å². The molecule has 0 aliphatic carbocycles. The average Bonchev–Trinajstić information content (AvgIpc) is 2.08. The minimum absolute atomic E-state index is 0.0754. The van der Waals surface area contributed by atoms with Crippen molar-refractivity contribution in [3.05, 3.63) is 0 Å². The third kappa shape index (κ3) is 5.25. The molecule has 1 atom stereocenters. The van der Waals surface area contributed by atoms with E-state index in [-0.39, 0.29) is 12.8 Å². The molecular weight excluding hydrogens is 255 g/mol. The molecule has 0 spiro atoms. The van der Waals surface area contributed by atoms with Gasteiger partial charge in [-0.1, -0.05) is 0 Å². The van der Waals surface area contributed by atoms with Gasteiger partial charge in [0.1, 0.15) is 0 Å². The molecule has 0 fully saturated rings. The second-order valence-electron chi connectivity index (χ2n) is 4.72. The van der Waals surface area contributed by atoms with Crippen LogP contribution in [0.1, 0.15) is 33.1 Å². The van der Waals surface area contributed by atoms with Crippen LogP contribution < -0.4 is 5.32 Å². The second-order valence-corrected chi connectivity index (χ2v) is 7.32. The quantitative estimate of drug-likeness (QED) is 0.807. The molecule has 0 saturated heterocycles. The van der Waals surface area contributed by atoms with Gasteiger partial charge in [-0.3, -0.25) is 0 Å². The highest BCUT2D eigenvalue weighted by Crippen LogP contribution is 2.27. The standard InChI is InChI=1S/C10H20F3NO2S/c1-9(2,17(4,15)16)8(14-3)6-5-7-10(11,12)13/h8,14H,5-7H2,1-4H3. The minimum Gasteiger partial charge on any atom is -0.315 e. The van der Waals surface area contributed by atoms with Crippen LogP contribution in [0, 0.1) is 0 Å². The summed E-state index contributed by atoms with van der Waals surface area (Å²) in [4.78, 5) is 0. The fourth-order valence-electron chi connectivity index (χ4n) is 1.60. The molecule has 0 aliphatic heterocycles. The summed E-state index contributed by atoms with van der Waals surface area (Å²) in [5.74, 6) is 0. The largest absolute Gasteiger partial charge is 0.389 e. The summed E-state index contributed by atoms with van der Waals surface area (Å²) in [5.41, 5.74) is 0. The lowest BCUT2D eigenvalue weighted by Gasteiger charge is -2.32. The molecule has 0 radical (unpaired) electrons. The van der Waals surface area contributed by atoms with Gasteiger partial charge in [0, 0.05) is 18.7 Å². The Hall–Kier alpha value is -0.300. The van der Waals surface area contributed by atoms with Crippen molar-refractivity contribution in [1.82, 2.24) is 5.32 Å². The zero-order valence-electron chi connectivity index (χ0n) is 10.6. The van der Waals surface area contributed by atoms with E-state index < -0.39 is 33.2 Å². The molecule has 0 saturated carbocycles. The first kappa shape index (κ1) is 16.7. The molecule has 0 aromatic heterocycles. The zero-order chi connectivity index (χ0) is 13.9. The molecule has 3 nitrogen and oxygen atoms in total. The fourth-order valence-corrected chi connectivity index (χ4v) is 2.36. The van der Waals surface area contributed by atoms with Crippen LogP contribution in [0.5, 0.6) is 0 Å². The van der Waals surface area contributed by atoms with Crippen LogP contribution in [0.15, 0.2) is 0 Å². The molecule has 0 heterocycles. The maximum atomic E-state index is 12.0. The summed E-state index contributed by atoms with van der Waals surface area (Å²) in [6.45, 7) is 3.05. The highest BCUT2D eigenvalue weighted by Gasteiger charge is 2.38. The molecule has 0 amide bonds. The lowest BCUT2D eigenvalue weighted by atomic mass is 9.97. The molecule has 1 N–H and O–H groups in total. The number of alkyl halides is 3. The van der Waals surface area contributed by atoms with Crippen LogP contribution in [0.3, 0.4) is 0 Å². The predicted molar refractivity (Wildman–Crippen MR) is 61.7 cm³/mol. The molecule has 0 aromatic rings. The molecular formula is C10H20F3NO2S. The van der Waals surface area contributed by atoms with Crippen molar-refractivity contribution in [3.8, 4) is 0 Å². The van der Waals surface area contributed by atoms with Crippen molar-refractivity contribution in [2.75, 3.05) is 13.3 Å². The summed E-state index contributed by atoms with van der Waals surface area (Å²) >= 11 is 0. The molecule has 7 heteroatoms. The molecule has 0 bridgehead atoms. The average molecular weight is 275 g/mol. The monoisotopic (exact) mass is 275 g/mol. The number of rotatable bonds is 6. The van der Waals surface area contributed by atoms with E-state index in [0.717, 1.165) is 6.26 Å². The van der Waals surface area contributed by atoms with Gasteiger partial charge >= 0.3 is 6.18 Å². The van der Waals surface area contributed by atoms with E-state index >= 15 is 0 Å². The van der Waals surface area contributed by atoms with Crippen molar-refractivity contribution >= 4 is 9.84 Å².